The number of hydrogen-bond donors (Lipinski definition) is 2. The first-order valence-electron chi connectivity index (χ1n) is 9.06. The van der Waals surface area contributed by atoms with Gasteiger partial charge in [0.1, 0.15) is 0 Å². The van der Waals surface area contributed by atoms with Crippen LogP contribution in [-0.2, 0) is 0 Å². The Balaban J connectivity index is 1.61. The maximum Gasteiger partial charge on any atom is 0.251 e. The highest BCUT2D eigenvalue weighted by Crippen LogP contribution is 2.14. The number of pyridine rings is 2. The van der Waals surface area contributed by atoms with Crippen molar-refractivity contribution in [2.24, 2.45) is 0 Å². The van der Waals surface area contributed by atoms with Crippen molar-refractivity contribution in [3.8, 4) is 0 Å². The van der Waals surface area contributed by atoms with E-state index in [-0.39, 0.29) is 23.9 Å². The summed E-state index contributed by atoms with van der Waals surface area (Å²) in [5, 5.41) is 5.86. The first-order chi connectivity index (χ1) is 13.5. The van der Waals surface area contributed by atoms with Crippen LogP contribution in [0.2, 0.25) is 0 Å². The summed E-state index contributed by atoms with van der Waals surface area (Å²) in [4.78, 5) is 33.0. The predicted molar refractivity (Wildman–Crippen MR) is 107 cm³/mol. The zero-order valence-corrected chi connectivity index (χ0v) is 15.8. The van der Waals surface area contributed by atoms with Gasteiger partial charge in [-0.15, -0.1) is 0 Å². The van der Waals surface area contributed by atoms with Gasteiger partial charge < -0.3 is 10.6 Å². The van der Waals surface area contributed by atoms with Gasteiger partial charge in [-0.2, -0.15) is 0 Å². The predicted octanol–water partition coefficient (Wildman–Crippen LogP) is 3.46. The number of aromatic nitrogens is 2. The van der Waals surface area contributed by atoms with Crippen molar-refractivity contribution in [1.29, 1.82) is 0 Å². The van der Waals surface area contributed by atoms with E-state index >= 15 is 0 Å². The molecule has 28 heavy (non-hydrogen) atoms. The van der Waals surface area contributed by atoms with Crippen LogP contribution < -0.4 is 10.6 Å². The maximum absolute atomic E-state index is 12.4. The molecule has 0 spiro atoms. The first-order valence-corrected chi connectivity index (χ1v) is 9.06. The highest BCUT2D eigenvalue weighted by molar-refractivity contribution is 5.98. The van der Waals surface area contributed by atoms with Crippen molar-refractivity contribution in [1.82, 2.24) is 20.6 Å². The Hall–Kier alpha value is -3.54. The van der Waals surface area contributed by atoms with Gasteiger partial charge in [-0.1, -0.05) is 12.1 Å². The number of rotatable bonds is 6. The molecule has 0 fully saturated rings. The average molecular weight is 374 g/mol. The summed E-state index contributed by atoms with van der Waals surface area (Å²) in [5.41, 5.74) is 2.84. The molecule has 142 valence electrons. The van der Waals surface area contributed by atoms with Crippen molar-refractivity contribution in [3.63, 3.8) is 0 Å². The number of hydrogen-bond acceptors (Lipinski definition) is 4. The lowest BCUT2D eigenvalue weighted by Gasteiger charge is -2.15. The second kappa shape index (κ2) is 8.90. The van der Waals surface area contributed by atoms with E-state index in [0.717, 1.165) is 11.1 Å². The molecule has 3 rings (SSSR count). The standard InChI is InChI=1S/C22H22N4O2/c1-15(19-5-3-11-23-13-19)25-21(27)17-7-9-18(10-8-17)22(28)26-16(2)20-6-4-12-24-14-20/h3-16H,1-2H3,(H,25,27)(H,26,28). The largest absolute Gasteiger partial charge is 0.345 e. The lowest BCUT2D eigenvalue weighted by Crippen LogP contribution is -2.28. The highest BCUT2D eigenvalue weighted by atomic mass is 16.2. The van der Waals surface area contributed by atoms with Crippen LogP contribution in [0.15, 0.2) is 73.3 Å². The van der Waals surface area contributed by atoms with Gasteiger partial charge in [-0.05, 0) is 61.4 Å². The number of carbonyl (C=O) groups is 2. The Morgan fingerprint density at radius 2 is 1.11 bits per heavy atom. The maximum atomic E-state index is 12.4. The summed E-state index contributed by atoms with van der Waals surface area (Å²) >= 11 is 0. The van der Waals surface area contributed by atoms with Crippen molar-refractivity contribution in [2.45, 2.75) is 25.9 Å². The number of nitrogens with zero attached hydrogens (tertiary/aromatic N) is 2. The number of nitrogens with one attached hydrogen (secondary N) is 2. The lowest BCUT2D eigenvalue weighted by atomic mass is 10.1. The minimum Gasteiger partial charge on any atom is -0.345 e. The fourth-order valence-corrected chi connectivity index (χ4v) is 2.76. The number of carbonyl (C=O) groups excluding carboxylic acids is 2. The third kappa shape index (κ3) is 4.79. The minimum atomic E-state index is -0.202. The first kappa shape index (κ1) is 19.2. The van der Waals surface area contributed by atoms with E-state index in [4.69, 9.17) is 0 Å². The summed E-state index contributed by atoms with van der Waals surface area (Å²) < 4.78 is 0. The van der Waals surface area contributed by atoms with Gasteiger partial charge in [-0.3, -0.25) is 19.6 Å². The highest BCUT2D eigenvalue weighted by Gasteiger charge is 2.14. The zero-order chi connectivity index (χ0) is 19.9. The van der Waals surface area contributed by atoms with Crippen LogP contribution in [-0.4, -0.2) is 21.8 Å². The molecule has 3 aromatic rings. The van der Waals surface area contributed by atoms with Gasteiger partial charge >= 0.3 is 0 Å². The molecule has 0 bridgehead atoms. The molecule has 6 heteroatoms. The molecule has 1 aromatic carbocycles. The zero-order valence-electron chi connectivity index (χ0n) is 15.8. The summed E-state index contributed by atoms with van der Waals surface area (Å²) in [5.74, 6) is -0.404. The molecule has 2 unspecified atom stereocenters. The van der Waals surface area contributed by atoms with Gasteiger partial charge in [0, 0.05) is 35.9 Å². The third-order valence-electron chi connectivity index (χ3n) is 4.47. The van der Waals surface area contributed by atoms with Gasteiger partial charge in [0.25, 0.3) is 11.8 Å². The van der Waals surface area contributed by atoms with Crippen LogP contribution in [0.5, 0.6) is 0 Å². The molecule has 6 nitrogen and oxygen atoms in total. The van der Waals surface area contributed by atoms with Gasteiger partial charge in [0.05, 0.1) is 12.1 Å². The Morgan fingerprint density at radius 3 is 1.43 bits per heavy atom. The van der Waals surface area contributed by atoms with Crippen molar-refractivity contribution >= 4 is 11.8 Å². The van der Waals surface area contributed by atoms with Crippen LogP contribution in [0.25, 0.3) is 0 Å². The third-order valence-corrected chi connectivity index (χ3v) is 4.47. The summed E-state index contributed by atoms with van der Waals surface area (Å²) in [6.07, 6.45) is 6.83. The Kier molecular flexibility index (Phi) is 6.11. The van der Waals surface area contributed by atoms with Gasteiger partial charge in [0.15, 0.2) is 0 Å². The molecule has 2 heterocycles. The van der Waals surface area contributed by atoms with E-state index in [0.29, 0.717) is 11.1 Å². The quantitative estimate of drug-likeness (QED) is 0.692. The van der Waals surface area contributed by atoms with Gasteiger partial charge in [0.2, 0.25) is 0 Å². The summed E-state index contributed by atoms with van der Waals surface area (Å²) in [6.45, 7) is 3.80. The smallest absolute Gasteiger partial charge is 0.251 e. The van der Waals surface area contributed by atoms with Crippen molar-refractivity contribution < 1.29 is 9.59 Å². The minimum absolute atomic E-state index is 0.162. The SMILES string of the molecule is CC(NC(=O)c1ccc(C(=O)NC(C)c2cccnc2)cc1)c1cccnc1. The number of amides is 2. The molecule has 0 radical (unpaired) electrons. The molecular weight excluding hydrogens is 352 g/mol. The molecule has 0 saturated carbocycles. The molecular formula is C22H22N4O2. The second-order valence-corrected chi connectivity index (χ2v) is 6.54. The monoisotopic (exact) mass is 374 g/mol. The molecule has 0 aliphatic rings. The van der Waals surface area contributed by atoms with E-state index in [2.05, 4.69) is 20.6 Å². The Labute approximate surface area is 164 Å². The molecule has 0 saturated heterocycles. The van der Waals surface area contributed by atoms with E-state index < -0.39 is 0 Å². The topological polar surface area (TPSA) is 84.0 Å². The second-order valence-electron chi connectivity index (χ2n) is 6.54. The number of benzene rings is 1. The van der Waals surface area contributed by atoms with E-state index in [1.54, 1.807) is 49.1 Å². The molecule has 2 atom stereocenters. The van der Waals surface area contributed by atoms with Crippen LogP contribution in [0.4, 0.5) is 0 Å². The van der Waals surface area contributed by atoms with E-state index in [1.807, 2.05) is 38.1 Å². The van der Waals surface area contributed by atoms with Crippen LogP contribution in [0.3, 0.4) is 0 Å². The fraction of sp³-hybridized carbons (Fsp3) is 0.182. The van der Waals surface area contributed by atoms with Crippen molar-refractivity contribution in [3.05, 3.63) is 95.6 Å². The van der Waals surface area contributed by atoms with Crippen LogP contribution in [0.1, 0.15) is 57.8 Å². The molecule has 2 N–H and O–H groups in total. The molecule has 2 amide bonds. The fourth-order valence-electron chi connectivity index (χ4n) is 2.76. The molecule has 2 aromatic heterocycles. The van der Waals surface area contributed by atoms with Crippen molar-refractivity contribution in [2.75, 3.05) is 0 Å². The van der Waals surface area contributed by atoms with E-state index in [9.17, 15) is 9.59 Å². The normalized spacial score (nSPS) is 12.6. The average Bonchev–Trinajstić information content (AvgIpc) is 2.75. The lowest BCUT2D eigenvalue weighted by molar-refractivity contribution is 0.0927. The Morgan fingerprint density at radius 1 is 0.714 bits per heavy atom. The summed E-state index contributed by atoms with van der Waals surface area (Å²) in [7, 11) is 0. The Bertz CT molecular complexity index is 849. The van der Waals surface area contributed by atoms with E-state index in [1.165, 1.54) is 0 Å². The van der Waals surface area contributed by atoms with Crippen LogP contribution in [0, 0.1) is 0 Å². The molecule has 0 aliphatic heterocycles. The van der Waals surface area contributed by atoms with Crippen LogP contribution >= 0.6 is 0 Å². The van der Waals surface area contributed by atoms with Gasteiger partial charge in [-0.25, -0.2) is 0 Å². The molecule has 0 aliphatic carbocycles. The summed E-state index contributed by atoms with van der Waals surface area (Å²) in [6, 6.07) is 13.8.